The standard InChI is InChI=1S/C29H38FN3OS.CH2O2/c1-20-15-23-25(27(34)33-14-13-29(19-33)21(2)35-29)24(32(4)26(23)31-18-20)12-10-8-6-5-7-9-11-22-16-28(3,30)17-22;2-1-3/h15,18,21-22H,5-8,10,12-14,16-17,19H2,1-4H3;1H,(H,2,3)/t21-,22?,28?,29?;/m0./s1. The lowest BCUT2D eigenvalue weighted by Crippen LogP contribution is -2.35. The Hall–Kier alpha value is -2.53. The molecule has 0 radical (unpaired) electrons. The molecule has 6 nitrogen and oxygen atoms in total. The summed E-state index contributed by atoms with van der Waals surface area (Å²) in [5, 5.41) is 8.55. The van der Waals surface area contributed by atoms with Crippen molar-refractivity contribution in [2.45, 2.75) is 94.2 Å². The van der Waals surface area contributed by atoms with Crippen LogP contribution in [0.3, 0.4) is 0 Å². The number of aromatic nitrogens is 2. The van der Waals surface area contributed by atoms with Gasteiger partial charge in [-0.2, -0.15) is 0 Å². The number of hydrogen-bond acceptors (Lipinski definition) is 4. The molecule has 1 unspecified atom stereocenters. The van der Waals surface area contributed by atoms with Crippen molar-refractivity contribution in [3.8, 4) is 11.8 Å². The minimum absolute atomic E-state index is 0.185. The molecular formula is C30H40FN3O3S. The van der Waals surface area contributed by atoms with E-state index < -0.39 is 5.67 Å². The van der Waals surface area contributed by atoms with E-state index in [1.54, 1.807) is 6.92 Å². The van der Waals surface area contributed by atoms with E-state index in [2.05, 4.69) is 46.3 Å². The number of amides is 1. The maximum absolute atomic E-state index is 13.8. The second-order valence-electron chi connectivity index (χ2n) is 11.4. The molecule has 1 saturated carbocycles. The lowest BCUT2D eigenvalue weighted by atomic mass is 9.74. The number of nitrogens with zero attached hydrogens (tertiary/aromatic N) is 3. The smallest absolute Gasteiger partial charge is 0.290 e. The van der Waals surface area contributed by atoms with Crippen molar-refractivity contribution in [2.75, 3.05) is 13.1 Å². The molecule has 8 heteroatoms. The number of rotatable bonds is 7. The van der Waals surface area contributed by atoms with E-state index in [1.165, 1.54) is 0 Å². The number of carboxylic acid groups (broad SMARTS) is 1. The van der Waals surface area contributed by atoms with E-state index in [1.807, 2.05) is 24.9 Å². The summed E-state index contributed by atoms with van der Waals surface area (Å²) >= 11 is 2.03. The lowest BCUT2D eigenvalue weighted by Gasteiger charge is -2.35. The predicted octanol–water partition coefficient (Wildman–Crippen LogP) is 5.94. The van der Waals surface area contributed by atoms with E-state index in [-0.39, 0.29) is 18.3 Å². The van der Waals surface area contributed by atoms with E-state index in [4.69, 9.17) is 9.90 Å². The van der Waals surface area contributed by atoms with Crippen molar-refractivity contribution in [1.82, 2.24) is 14.5 Å². The number of likely N-dealkylation sites (tertiary alicyclic amines) is 1. The molecule has 1 N–H and O–H groups in total. The number of alkyl halides is 1. The van der Waals surface area contributed by atoms with Crippen LogP contribution in [0.2, 0.25) is 0 Å². The molecule has 3 aliphatic rings. The summed E-state index contributed by atoms with van der Waals surface area (Å²) in [6.45, 7) is 7.49. The first-order valence-electron chi connectivity index (χ1n) is 13.8. The number of halogens is 1. The molecular weight excluding hydrogens is 501 g/mol. The third-order valence-corrected chi connectivity index (χ3v) is 9.97. The van der Waals surface area contributed by atoms with Crippen LogP contribution in [0.4, 0.5) is 4.39 Å². The van der Waals surface area contributed by atoms with Gasteiger partial charge < -0.3 is 14.6 Å². The number of thioether (sulfide) groups is 1. The Morgan fingerprint density at radius 3 is 2.63 bits per heavy atom. The number of pyridine rings is 1. The molecule has 2 aromatic rings. The van der Waals surface area contributed by atoms with Crippen LogP contribution in [0.1, 0.15) is 86.8 Å². The Bertz CT molecular complexity index is 1240. The van der Waals surface area contributed by atoms with E-state index >= 15 is 0 Å². The van der Waals surface area contributed by atoms with Gasteiger partial charge in [0.05, 0.1) is 5.56 Å². The van der Waals surface area contributed by atoms with Crippen LogP contribution in [0.25, 0.3) is 11.0 Å². The highest BCUT2D eigenvalue weighted by Crippen LogP contribution is 2.58. The van der Waals surface area contributed by atoms with Crippen LogP contribution in [0.5, 0.6) is 0 Å². The van der Waals surface area contributed by atoms with Crippen LogP contribution in [-0.2, 0) is 18.3 Å². The molecule has 2 aromatic heterocycles. The number of aryl methyl sites for hydroxylation is 2. The summed E-state index contributed by atoms with van der Waals surface area (Å²) < 4.78 is 16.0. The molecule has 0 bridgehead atoms. The fraction of sp³-hybridized carbons (Fsp3) is 0.633. The third kappa shape index (κ3) is 6.20. The highest BCUT2D eigenvalue weighted by molar-refractivity contribution is 8.08. The minimum atomic E-state index is -0.985. The number of hydrogen-bond donors (Lipinski definition) is 1. The van der Waals surface area contributed by atoms with Gasteiger partial charge in [-0.25, -0.2) is 9.37 Å². The first-order chi connectivity index (χ1) is 18.1. The molecule has 0 aromatic carbocycles. The zero-order valence-electron chi connectivity index (χ0n) is 23.1. The van der Waals surface area contributed by atoms with Crippen molar-refractivity contribution < 1.29 is 19.1 Å². The van der Waals surface area contributed by atoms with E-state index in [9.17, 15) is 9.18 Å². The van der Waals surface area contributed by atoms with Crippen LogP contribution < -0.4 is 0 Å². The van der Waals surface area contributed by atoms with Crippen LogP contribution in [0.15, 0.2) is 12.3 Å². The van der Waals surface area contributed by atoms with Gasteiger partial charge in [0.1, 0.15) is 11.3 Å². The fourth-order valence-electron chi connectivity index (χ4n) is 6.02. The first kappa shape index (κ1) is 28.5. The summed E-state index contributed by atoms with van der Waals surface area (Å²) in [4.78, 5) is 28.9. The molecule has 4 heterocycles. The average molecular weight is 542 g/mol. The van der Waals surface area contributed by atoms with Gasteiger partial charge in [0.2, 0.25) is 0 Å². The molecule has 2 aliphatic heterocycles. The van der Waals surface area contributed by atoms with Gasteiger partial charge in [-0.15, -0.1) is 17.7 Å². The van der Waals surface area contributed by atoms with Gasteiger partial charge in [0, 0.05) is 59.7 Å². The van der Waals surface area contributed by atoms with Gasteiger partial charge in [0.25, 0.3) is 12.4 Å². The third-order valence-electron chi connectivity index (χ3n) is 8.26. The van der Waals surface area contributed by atoms with E-state index in [0.717, 1.165) is 85.9 Å². The monoisotopic (exact) mass is 541 g/mol. The van der Waals surface area contributed by atoms with Crippen molar-refractivity contribution in [3.05, 3.63) is 29.1 Å². The largest absolute Gasteiger partial charge is 0.483 e. The van der Waals surface area contributed by atoms with Gasteiger partial charge in [-0.1, -0.05) is 25.7 Å². The Morgan fingerprint density at radius 1 is 1.32 bits per heavy atom. The summed E-state index contributed by atoms with van der Waals surface area (Å²) in [6.07, 6.45) is 10.4. The fourth-order valence-corrected chi connectivity index (χ4v) is 7.29. The van der Waals surface area contributed by atoms with Gasteiger partial charge in [-0.3, -0.25) is 9.59 Å². The molecule has 5 rings (SSSR count). The molecule has 38 heavy (non-hydrogen) atoms. The molecule has 2 atom stereocenters. The highest BCUT2D eigenvalue weighted by Gasteiger charge is 2.57. The van der Waals surface area contributed by atoms with Crippen molar-refractivity contribution in [3.63, 3.8) is 0 Å². The summed E-state index contributed by atoms with van der Waals surface area (Å²) in [5.41, 5.74) is 3.01. The summed E-state index contributed by atoms with van der Waals surface area (Å²) in [6, 6.07) is 2.13. The summed E-state index contributed by atoms with van der Waals surface area (Å²) in [7, 11) is 2.06. The minimum Gasteiger partial charge on any atom is -0.483 e. The second kappa shape index (κ2) is 11.7. The number of carbonyl (C=O) groups excluding carboxylic acids is 1. The van der Waals surface area contributed by atoms with E-state index in [0.29, 0.717) is 22.8 Å². The summed E-state index contributed by atoms with van der Waals surface area (Å²) in [5.74, 6) is 6.94. The maximum Gasteiger partial charge on any atom is 0.290 e. The molecule has 2 saturated heterocycles. The Labute approximate surface area is 229 Å². The lowest BCUT2D eigenvalue weighted by molar-refractivity contribution is -0.122. The van der Waals surface area contributed by atoms with Crippen molar-refractivity contribution >= 4 is 35.2 Å². The Morgan fingerprint density at radius 2 is 2.00 bits per heavy atom. The number of unbranched alkanes of at least 4 members (excludes halogenated alkanes) is 4. The normalized spacial score (nSPS) is 27.3. The Balaban J connectivity index is 0.00000107. The van der Waals surface area contributed by atoms with Crippen molar-refractivity contribution in [2.24, 2.45) is 13.0 Å². The SMILES string of the molecule is Cc1cnc2c(c1)c(C(=O)N1CCC3(C1)S[C@H]3C)c(CCCCCCC#CC1CC(C)(F)C1)n2C.O=CO. The maximum atomic E-state index is 13.8. The van der Waals surface area contributed by atoms with Gasteiger partial charge in [0.15, 0.2) is 0 Å². The van der Waals surface area contributed by atoms with Crippen LogP contribution in [-0.4, -0.2) is 60.7 Å². The quantitative estimate of drug-likeness (QED) is 0.203. The highest BCUT2D eigenvalue weighted by atomic mass is 32.2. The first-order valence-corrected chi connectivity index (χ1v) is 14.6. The second-order valence-corrected chi connectivity index (χ2v) is 13.2. The zero-order valence-corrected chi connectivity index (χ0v) is 23.9. The van der Waals surface area contributed by atoms with Gasteiger partial charge >= 0.3 is 0 Å². The van der Waals surface area contributed by atoms with Crippen LogP contribution >= 0.6 is 11.8 Å². The molecule has 3 fully saturated rings. The topological polar surface area (TPSA) is 75.4 Å². The zero-order chi connectivity index (χ0) is 27.5. The number of carbonyl (C=O) groups is 2. The molecule has 1 amide bonds. The molecule has 1 spiro atoms. The Kier molecular flexibility index (Phi) is 8.76. The predicted molar refractivity (Wildman–Crippen MR) is 151 cm³/mol. The molecule has 206 valence electrons. The average Bonchev–Trinajstić information content (AvgIpc) is 3.16. The number of fused-ring (bicyclic) bond motifs is 1. The van der Waals surface area contributed by atoms with Gasteiger partial charge in [-0.05, 0) is 64.0 Å². The van der Waals surface area contributed by atoms with Crippen LogP contribution in [0, 0.1) is 24.7 Å². The van der Waals surface area contributed by atoms with Crippen molar-refractivity contribution in [1.29, 1.82) is 0 Å². The molecule has 1 aliphatic carbocycles.